The molecule has 0 aliphatic heterocycles. The first kappa shape index (κ1) is 17.7. The lowest BCUT2D eigenvalue weighted by Crippen LogP contribution is -1.99. The lowest BCUT2D eigenvalue weighted by atomic mass is 10.1. The molecule has 0 spiro atoms. The van der Waals surface area contributed by atoms with Crippen LogP contribution in [0.5, 0.6) is 23.0 Å². The van der Waals surface area contributed by atoms with Crippen molar-refractivity contribution in [2.75, 3.05) is 27.9 Å². The van der Waals surface area contributed by atoms with E-state index in [4.69, 9.17) is 18.9 Å². The number of hydrogen-bond donors (Lipinski definition) is 0. The van der Waals surface area contributed by atoms with E-state index in [1.54, 1.807) is 21.3 Å². The highest BCUT2D eigenvalue weighted by molar-refractivity contribution is 5.70. The van der Waals surface area contributed by atoms with Crippen molar-refractivity contribution < 1.29 is 18.9 Å². The predicted octanol–water partition coefficient (Wildman–Crippen LogP) is 4.57. The molecule has 2 aromatic carbocycles. The van der Waals surface area contributed by atoms with Crippen LogP contribution < -0.4 is 18.9 Å². The molecule has 1 heterocycles. The van der Waals surface area contributed by atoms with Crippen LogP contribution in [0.2, 0.25) is 0 Å². The summed E-state index contributed by atoms with van der Waals surface area (Å²) in [5.41, 5.74) is 3.04. The van der Waals surface area contributed by atoms with Crippen LogP contribution in [0.4, 0.5) is 0 Å². The summed E-state index contributed by atoms with van der Waals surface area (Å²) in [6.45, 7) is 2.63. The van der Waals surface area contributed by atoms with E-state index in [-0.39, 0.29) is 0 Å². The molecule has 0 amide bonds. The zero-order chi connectivity index (χ0) is 18.5. The van der Waals surface area contributed by atoms with Gasteiger partial charge in [0, 0.05) is 17.4 Å². The second-order valence-corrected chi connectivity index (χ2v) is 5.60. The summed E-state index contributed by atoms with van der Waals surface area (Å²) < 4.78 is 24.0. The number of rotatable bonds is 7. The molecule has 0 bridgehead atoms. The fourth-order valence-electron chi connectivity index (χ4n) is 2.94. The van der Waals surface area contributed by atoms with Crippen LogP contribution in [-0.4, -0.2) is 32.5 Å². The quantitative estimate of drug-likeness (QED) is 0.624. The number of ether oxygens (including phenoxy) is 4. The standard InChI is InChI=1S/C21H23NO4/c1-5-26-17-10-8-16(9-11-17)22-12-6-7-18(22)15-13-19(23-2)21(25-4)20(14-15)24-3/h6-14H,5H2,1-4H3. The van der Waals surface area contributed by atoms with Gasteiger partial charge in [-0.25, -0.2) is 0 Å². The minimum absolute atomic E-state index is 0.581. The fourth-order valence-corrected chi connectivity index (χ4v) is 2.94. The molecule has 5 nitrogen and oxygen atoms in total. The third kappa shape index (κ3) is 3.33. The Bertz CT molecular complexity index is 843. The van der Waals surface area contributed by atoms with E-state index < -0.39 is 0 Å². The molecule has 26 heavy (non-hydrogen) atoms. The molecular formula is C21H23NO4. The lowest BCUT2D eigenvalue weighted by molar-refractivity contribution is 0.324. The Morgan fingerprint density at radius 2 is 1.50 bits per heavy atom. The molecule has 5 heteroatoms. The van der Waals surface area contributed by atoms with Crippen molar-refractivity contribution in [2.24, 2.45) is 0 Å². The molecule has 3 rings (SSSR count). The largest absolute Gasteiger partial charge is 0.494 e. The summed E-state index contributed by atoms with van der Waals surface area (Å²) in [6, 6.07) is 16.0. The van der Waals surface area contributed by atoms with Crippen LogP contribution in [0.25, 0.3) is 16.9 Å². The first-order valence-corrected chi connectivity index (χ1v) is 8.42. The Balaban J connectivity index is 2.05. The van der Waals surface area contributed by atoms with Crippen molar-refractivity contribution in [3.8, 4) is 39.9 Å². The highest BCUT2D eigenvalue weighted by Gasteiger charge is 2.16. The minimum atomic E-state index is 0.581. The number of benzene rings is 2. The van der Waals surface area contributed by atoms with E-state index >= 15 is 0 Å². The summed E-state index contributed by atoms with van der Waals surface area (Å²) in [5.74, 6) is 2.69. The number of methoxy groups -OCH3 is 3. The Labute approximate surface area is 153 Å². The monoisotopic (exact) mass is 353 g/mol. The van der Waals surface area contributed by atoms with Crippen molar-refractivity contribution in [2.45, 2.75) is 6.92 Å². The maximum atomic E-state index is 5.52. The van der Waals surface area contributed by atoms with Crippen LogP contribution in [0.3, 0.4) is 0 Å². The number of aromatic nitrogens is 1. The molecule has 3 aromatic rings. The van der Waals surface area contributed by atoms with E-state index in [1.165, 1.54) is 0 Å². The van der Waals surface area contributed by atoms with Gasteiger partial charge in [0.2, 0.25) is 5.75 Å². The molecule has 1 aromatic heterocycles. The molecule has 0 saturated carbocycles. The van der Waals surface area contributed by atoms with Gasteiger partial charge in [-0.3, -0.25) is 0 Å². The van der Waals surface area contributed by atoms with Gasteiger partial charge >= 0.3 is 0 Å². The van der Waals surface area contributed by atoms with Crippen LogP contribution in [0.15, 0.2) is 54.7 Å². The maximum absolute atomic E-state index is 5.52. The third-order valence-corrected chi connectivity index (χ3v) is 4.14. The van der Waals surface area contributed by atoms with E-state index in [1.807, 2.05) is 55.6 Å². The van der Waals surface area contributed by atoms with Crippen molar-refractivity contribution in [3.05, 3.63) is 54.7 Å². The molecule has 0 saturated heterocycles. The van der Waals surface area contributed by atoms with Gasteiger partial charge in [0.15, 0.2) is 11.5 Å². The van der Waals surface area contributed by atoms with Crippen molar-refractivity contribution >= 4 is 0 Å². The normalized spacial score (nSPS) is 10.5. The van der Waals surface area contributed by atoms with Gasteiger partial charge in [-0.15, -0.1) is 0 Å². The lowest BCUT2D eigenvalue weighted by Gasteiger charge is -2.16. The third-order valence-electron chi connectivity index (χ3n) is 4.14. The SMILES string of the molecule is CCOc1ccc(-n2cccc2-c2cc(OC)c(OC)c(OC)c2)cc1. The van der Waals surface area contributed by atoms with Crippen molar-refractivity contribution in [3.63, 3.8) is 0 Å². The molecular weight excluding hydrogens is 330 g/mol. The van der Waals surface area contributed by atoms with Gasteiger partial charge in [-0.2, -0.15) is 0 Å². The van der Waals surface area contributed by atoms with Gasteiger partial charge in [0.25, 0.3) is 0 Å². The maximum Gasteiger partial charge on any atom is 0.203 e. The van der Waals surface area contributed by atoms with Gasteiger partial charge in [0.1, 0.15) is 5.75 Å². The van der Waals surface area contributed by atoms with Crippen molar-refractivity contribution in [1.82, 2.24) is 4.57 Å². The molecule has 0 unspecified atom stereocenters. The second-order valence-electron chi connectivity index (χ2n) is 5.60. The topological polar surface area (TPSA) is 41.9 Å². The minimum Gasteiger partial charge on any atom is -0.494 e. The van der Waals surface area contributed by atoms with Gasteiger partial charge < -0.3 is 23.5 Å². The summed E-state index contributed by atoms with van der Waals surface area (Å²) in [7, 11) is 4.84. The van der Waals surface area contributed by atoms with Crippen LogP contribution in [-0.2, 0) is 0 Å². The number of nitrogens with zero attached hydrogens (tertiary/aromatic N) is 1. The zero-order valence-corrected chi connectivity index (χ0v) is 15.5. The zero-order valence-electron chi connectivity index (χ0n) is 15.5. The summed E-state index contributed by atoms with van der Waals surface area (Å²) >= 11 is 0. The number of hydrogen-bond acceptors (Lipinski definition) is 4. The van der Waals surface area contributed by atoms with E-state index in [9.17, 15) is 0 Å². The average molecular weight is 353 g/mol. The Morgan fingerprint density at radius 1 is 0.846 bits per heavy atom. The second kappa shape index (κ2) is 7.87. The highest BCUT2D eigenvalue weighted by Crippen LogP contribution is 2.41. The molecule has 0 radical (unpaired) electrons. The van der Waals surface area contributed by atoms with Gasteiger partial charge in [-0.1, -0.05) is 0 Å². The average Bonchev–Trinajstić information content (AvgIpc) is 3.17. The summed E-state index contributed by atoms with van der Waals surface area (Å²) in [5, 5.41) is 0. The first-order valence-electron chi connectivity index (χ1n) is 8.42. The van der Waals surface area contributed by atoms with Crippen molar-refractivity contribution in [1.29, 1.82) is 0 Å². The Morgan fingerprint density at radius 3 is 2.04 bits per heavy atom. The molecule has 0 N–H and O–H groups in total. The van der Waals surface area contributed by atoms with E-state index in [2.05, 4.69) is 10.6 Å². The van der Waals surface area contributed by atoms with Crippen LogP contribution >= 0.6 is 0 Å². The fraction of sp³-hybridized carbons (Fsp3) is 0.238. The Kier molecular flexibility index (Phi) is 5.37. The van der Waals surface area contributed by atoms with E-state index in [0.29, 0.717) is 23.9 Å². The summed E-state index contributed by atoms with van der Waals surface area (Å²) in [4.78, 5) is 0. The molecule has 0 atom stereocenters. The highest BCUT2D eigenvalue weighted by atomic mass is 16.5. The van der Waals surface area contributed by atoms with Crippen LogP contribution in [0, 0.1) is 0 Å². The smallest absolute Gasteiger partial charge is 0.203 e. The molecule has 0 aliphatic rings. The molecule has 136 valence electrons. The first-order chi connectivity index (χ1) is 12.7. The molecule has 0 fully saturated rings. The molecule has 0 aliphatic carbocycles. The summed E-state index contributed by atoms with van der Waals surface area (Å²) in [6.07, 6.45) is 2.02. The van der Waals surface area contributed by atoms with E-state index in [0.717, 1.165) is 22.7 Å². The Hall–Kier alpha value is -3.08. The van der Waals surface area contributed by atoms with Gasteiger partial charge in [0.05, 0.1) is 33.6 Å². The van der Waals surface area contributed by atoms with Gasteiger partial charge in [-0.05, 0) is 55.5 Å². The predicted molar refractivity (Wildman–Crippen MR) is 102 cm³/mol. The van der Waals surface area contributed by atoms with Crippen LogP contribution in [0.1, 0.15) is 6.92 Å².